The molecule has 0 radical (unpaired) electrons. The molecular weight excluding hydrogens is 227 g/mol. The number of rotatable bonds is 4. The smallest absolute Gasteiger partial charge is 0.123 e. The molecular formula is C15H23FN2. The highest BCUT2D eigenvalue weighted by Crippen LogP contribution is 2.40. The summed E-state index contributed by atoms with van der Waals surface area (Å²) in [6.07, 6.45) is 4.88. The van der Waals surface area contributed by atoms with Crippen LogP contribution < -0.4 is 11.3 Å². The number of halogens is 1. The first kappa shape index (κ1) is 13.5. The first-order chi connectivity index (χ1) is 8.63. The van der Waals surface area contributed by atoms with E-state index in [1.807, 2.05) is 13.0 Å². The number of hydrogen-bond acceptors (Lipinski definition) is 2. The van der Waals surface area contributed by atoms with Crippen LogP contribution in [-0.2, 0) is 0 Å². The zero-order chi connectivity index (χ0) is 13.1. The van der Waals surface area contributed by atoms with Gasteiger partial charge in [-0.1, -0.05) is 25.8 Å². The van der Waals surface area contributed by atoms with Crippen LogP contribution in [0.5, 0.6) is 0 Å². The van der Waals surface area contributed by atoms with Gasteiger partial charge in [0.05, 0.1) is 0 Å². The minimum Gasteiger partial charge on any atom is -0.271 e. The van der Waals surface area contributed by atoms with Crippen LogP contribution in [0, 0.1) is 24.6 Å². The number of nitrogens with two attached hydrogens (primary N) is 1. The molecule has 0 saturated heterocycles. The Hall–Kier alpha value is -0.930. The third-order valence-corrected chi connectivity index (χ3v) is 4.23. The fourth-order valence-electron chi connectivity index (χ4n) is 3.24. The average Bonchev–Trinajstić information content (AvgIpc) is 2.77. The molecule has 18 heavy (non-hydrogen) atoms. The maximum absolute atomic E-state index is 13.5. The molecule has 0 amide bonds. The summed E-state index contributed by atoms with van der Waals surface area (Å²) in [6.45, 7) is 4.16. The van der Waals surface area contributed by atoms with Gasteiger partial charge in [0.2, 0.25) is 0 Å². The lowest BCUT2D eigenvalue weighted by atomic mass is 9.90. The van der Waals surface area contributed by atoms with Crippen molar-refractivity contribution in [3.05, 3.63) is 35.1 Å². The predicted molar refractivity (Wildman–Crippen MR) is 72.3 cm³/mol. The van der Waals surface area contributed by atoms with Crippen molar-refractivity contribution in [3.8, 4) is 0 Å². The van der Waals surface area contributed by atoms with Crippen molar-refractivity contribution in [1.29, 1.82) is 0 Å². The Kier molecular flexibility index (Phi) is 4.36. The van der Waals surface area contributed by atoms with Gasteiger partial charge in [-0.2, -0.15) is 0 Å². The van der Waals surface area contributed by atoms with E-state index in [9.17, 15) is 4.39 Å². The van der Waals surface area contributed by atoms with E-state index < -0.39 is 0 Å². The topological polar surface area (TPSA) is 38.0 Å². The fourth-order valence-corrected chi connectivity index (χ4v) is 3.24. The van der Waals surface area contributed by atoms with Gasteiger partial charge in [-0.25, -0.2) is 4.39 Å². The summed E-state index contributed by atoms with van der Waals surface area (Å²) in [5.74, 6) is 6.86. The Balaban J connectivity index is 2.18. The van der Waals surface area contributed by atoms with Crippen molar-refractivity contribution in [2.75, 3.05) is 0 Å². The zero-order valence-electron chi connectivity index (χ0n) is 11.2. The highest BCUT2D eigenvalue weighted by Gasteiger charge is 2.30. The van der Waals surface area contributed by atoms with Crippen LogP contribution in [0.25, 0.3) is 0 Å². The molecule has 2 nitrogen and oxygen atoms in total. The zero-order valence-corrected chi connectivity index (χ0v) is 11.2. The lowest BCUT2D eigenvalue weighted by molar-refractivity contribution is 0.357. The Bertz CT molecular complexity index is 385. The highest BCUT2D eigenvalue weighted by atomic mass is 19.1. The molecule has 3 unspecified atom stereocenters. The molecule has 0 aliphatic heterocycles. The van der Waals surface area contributed by atoms with Gasteiger partial charge in [-0.15, -0.1) is 0 Å². The van der Waals surface area contributed by atoms with E-state index in [1.165, 1.54) is 25.7 Å². The molecule has 1 saturated carbocycles. The van der Waals surface area contributed by atoms with Crippen molar-refractivity contribution >= 4 is 0 Å². The molecule has 0 heterocycles. The van der Waals surface area contributed by atoms with E-state index in [0.29, 0.717) is 5.92 Å². The van der Waals surface area contributed by atoms with Crippen molar-refractivity contribution in [1.82, 2.24) is 5.43 Å². The van der Waals surface area contributed by atoms with Crippen LogP contribution in [0.15, 0.2) is 18.2 Å². The maximum Gasteiger partial charge on any atom is 0.123 e. The molecule has 1 aromatic carbocycles. The molecule has 0 spiro atoms. The van der Waals surface area contributed by atoms with Crippen molar-refractivity contribution in [2.24, 2.45) is 17.7 Å². The van der Waals surface area contributed by atoms with E-state index in [2.05, 4.69) is 12.3 Å². The maximum atomic E-state index is 13.5. The van der Waals surface area contributed by atoms with Gasteiger partial charge in [0.25, 0.3) is 0 Å². The fraction of sp³-hybridized carbons (Fsp3) is 0.600. The number of nitrogens with one attached hydrogen (secondary N) is 1. The normalized spacial score (nSPS) is 25.3. The highest BCUT2D eigenvalue weighted by molar-refractivity contribution is 5.27. The Morgan fingerprint density at radius 2 is 2.17 bits per heavy atom. The van der Waals surface area contributed by atoms with E-state index in [0.717, 1.165) is 17.0 Å². The summed E-state index contributed by atoms with van der Waals surface area (Å²) in [6, 6.07) is 5.28. The lowest BCUT2D eigenvalue weighted by Crippen LogP contribution is -2.33. The SMILES string of the molecule is CCC1CCC(C(NN)c2cc(C)cc(F)c2)C1. The molecule has 1 fully saturated rings. The van der Waals surface area contributed by atoms with Crippen LogP contribution in [0.2, 0.25) is 0 Å². The van der Waals surface area contributed by atoms with Gasteiger partial charge >= 0.3 is 0 Å². The molecule has 3 heteroatoms. The minimum atomic E-state index is -0.171. The summed E-state index contributed by atoms with van der Waals surface area (Å²) in [5, 5.41) is 0. The van der Waals surface area contributed by atoms with Crippen LogP contribution >= 0.6 is 0 Å². The number of hydrogen-bond donors (Lipinski definition) is 2. The van der Waals surface area contributed by atoms with Crippen LogP contribution in [0.3, 0.4) is 0 Å². The average molecular weight is 250 g/mol. The molecule has 1 aliphatic rings. The first-order valence-corrected chi connectivity index (χ1v) is 6.87. The van der Waals surface area contributed by atoms with Crippen LogP contribution in [0.1, 0.15) is 49.8 Å². The van der Waals surface area contributed by atoms with Gasteiger partial charge in [0.15, 0.2) is 0 Å². The van der Waals surface area contributed by atoms with E-state index in [4.69, 9.17) is 5.84 Å². The van der Waals surface area contributed by atoms with Crippen LogP contribution in [-0.4, -0.2) is 0 Å². The molecule has 3 N–H and O–H groups in total. The summed E-state index contributed by atoms with van der Waals surface area (Å²) >= 11 is 0. The minimum absolute atomic E-state index is 0.0796. The van der Waals surface area contributed by atoms with Gasteiger partial charge in [-0.3, -0.25) is 11.3 Å². The van der Waals surface area contributed by atoms with Gasteiger partial charge < -0.3 is 0 Å². The standard InChI is InChI=1S/C15H23FN2/c1-3-11-4-5-12(8-11)15(18-17)13-6-10(2)7-14(16)9-13/h6-7,9,11-12,15,18H,3-5,8,17H2,1-2H3. The van der Waals surface area contributed by atoms with Crippen molar-refractivity contribution in [3.63, 3.8) is 0 Å². The van der Waals surface area contributed by atoms with Crippen LogP contribution in [0.4, 0.5) is 4.39 Å². The largest absolute Gasteiger partial charge is 0.271 e. The van der Waals surface area contributed by atoms with Crippen molar-refractivity contribution in [2.45, 2.75) is 45.6 Å². The Morgan fingerprint density at radius 3 is 2.72 bits per heavy atom. The molecule has 0 aromatic heterocycles. The summed E-state index contributed by atoms with van der Waals surface area (Å²) in [5.41, 5.74) is 4.83. The van der Waals surface area contributed by atoms with E-state index in [1.54, 1.807) is 12.1 Å². The number of hydrazine groups is 1. The van der Waals surface area contributed by atoms with Gasteiger partial charge in [0.1, 0.15) is 5.82 Å². The predicted octanol–water partition coefficient (Wildman–Crippen LogP) is 3.46. The second kappa shape index (κ2) is 5.81. The summed E-state index contributed by atoms with van der Waals surface area (Å²) < 4.78 is 13.5. The second-order valence-corrected chi connectivity index (χ2v) is 5.55. The Labute approximate surface area is 109 Å². The van der Waals surface area contributed by atoms with Gasteiger partial charge in [-0.05, 0) is 54.9 Å². The molecule has 0 bridgehead atoms. The first-order valence-electron chi connectivity index (χ1n) is 6.87. The van der Waals surface area contributed by atoms with E-state index >= 15 is 0 Å². The molecule has 100 valence electrons. The second-order valence-electron chi connectivity index (χ2n) is 5.55. The summed E-state index contributed by atoms with van der Waals surface area (Å²) in [4.78, 5) is 0. The quantitative estimate of drug-likeness (QED) is 0.634. The number of aryl methyl sites for hydroxylation is 1. The van der Waals surface area contributed by atoms with Gasteiger partial charge in [0, 0.05) is 6.04 Å². The lowest BCUT2D eigenvalue weighted by Gasteiger charge is -2.24. The molecule has 1 aromatic rings. The number of benzene rings is 1. The van der Waals surface area contributed by atoms with Crippen molar-refractivity contribution < 1.29 is 4.39 Å². The molecule has 1 aliphatic carbocycles. The summed E-state index contributed by atoms with van der Waals surface area (Å²) in [7, 11) is 0. The third-order valence-electron chi connectivity index (χ3n) is 4.23. The Morgan fingerprint density at radius 1 is 1.39 bits per heavy atom. The van der Waals surface area contributed by atoms with E-state index in [-0.39, 0.29) is 11.9 Å². The molecule has 2 rings (SSSR count). The molecule has 3 atom stereocenters. The monoisotopic (exact) mass is 250 g/mol. The third kappa shape index (κ3) is 2.90.